The second kappa shape index (κ2) is 5.25. The molecule has 100 valence electrons. The minimum Gasteiger partial charge on any atom is -0.306 e. The van der Waals surface area contributed by atoms with E-state index in [-0.39, 0.29) is 5.91 Å². The highest BCUT2D eigenvalue weighted by atomic mass is 16.2. The van der Waals surface area contributed by atoms with Crippen molar-refractivity contribution >= 4 is 17.9 Å². The van der Waals surface area contributed by atoms with Gasteiger partial charge in [-0.1, -0.05) is 18.2 Å². The number of rotatable bonds is 3. The molecule has 20 heavy (non-hydrogen) atoms. The van der Waals surface area contributed by atoms with Gasteiger partial charge in [0, 0.05) is 23.9 Å². The number of aldehydes is 1. The number of hydrogen-bond donors (Lipinski definition) is 0. The van der Waals surface area contributed by atoms with Crippen molar-refractivity contribution in [3.63, 3.8) is 0 Å². The van der Waals surface area contributed by atoms with Crippen LogP contribution in [-0.2, 0) is 17.8 Å². The summed E-state index contributed by atoms with van der Waals surface area (Å²) in [5, 5.41) is 0. The normalized spacial score (nSPS) is 14.0. The molecule has 0 saturated heterocycles. The van der Waals surface area contributed by atoms with Crippen LogP contribution in [0.15, 0.2) is 42.6 Å². The quantitative estimate of drug-likeness (QED) is 0.801. The van der Waals surface area contributed by atoms with Gasteiger partial charge in [0.1, 0.15) is 6.29 Å². The fourth-order valence-electron chi connectivity index (χ4n) is 2.56. The van der Waals surface area contributed by atoms with Crippen molar-refractivity contribution in [2.75, 3.05) is 4.90 Å². The van der Waals surface area contributed by atoms with E-state index in [1.807, 2.05) is 30.3 Å². The zero-order chi connectivity index (χ0) is 13.9. The van der Waals surface area contributed by atoms with Crippen LogP contribution in [0, 0.1) is 0 Å². The van der Waals surface area contributed by atoms with Gasteiger partial charge in [-0.3, -0.25) is 14.6 Å². The summed E-state index contributed by atoms with van der Waals surface area (Å²) in [5.41, 5.74) is 3.29. The van der Waals surface area contributed by atoms with E-state index < -0.39 is 0 Å². The number of anilines is 1. The van der Waals surface area contributed by atoms with Crippen LogP contribution in [0.2, 0.25) is 0 Å². The molecule has 3 rings (SSSR count). The van der Waals surface area contributed by atoms with Crippen molar-refractivity contribution in [2.45, 2.75) is 19.4 Å². The summed E-state index contributed by atoms with van der Waals surface area (Å²) >= 11 is 0. The van der Waals surface area contributed by atoms with Crippen LogP contribution in [0.4, 0.5) is 5.69 Å². The smallest absolute Gasteiger partial charge is 0.227 e. The topological polar surface area (TPSA) is 50.3 Å². The molecule has 1 amide bonds. The minimum atomic E-state index is 0.0752. The Kier molecular flexibility index (Phi) is 3.29. The molecule has 1 aliphatic heterocycles. The number of hydrogen-bond acceptors (Lipinski definition) is 3. The average Bonchev–Trinajstić information content (AvgIpc) is 2.50. The van der Waals surface area contributed by atoms with Crippen LogP contribution < -0.4 is 4.90 Å². The van der Waals surface area contributed by atoms with Crippen LogP contribution >= 0.6 is 0 Å². The number of carbonyl (C=O) groups excluding carboxylic acids is 2. The summed E-state index contributed by atoms with van der Waals surface area (Å²) in [7, 11) is 0. The number of carbonyl (C=O) groups is 2. The van der Waals surface area contributed by atoms with Gasteiger partial charge in [0.25, 0.3) is 0 Å². The lowest BCUT2D eigenvalue weighted by atomic mass is 9.96. The first-order valence-electron chi connectivity index (χ1n) is 6.57. The molecule has 2 aromatic rings. The molecule has 1 aromatic heterocycles. The summed E-state index contributed by atoms with van der Waals surface area (Å²) < 4.78 is 0. The Labute approximate surface area is 117 Å². The third-order valence-corrected chi connectivity index (χ3v) is 3.54. The number of benzene rings is 1. The molecule has 0 spiro atoms. The standard InChI is InChI=1S/C16H14N2O2/c19-11-12-4-3-6-15-14(12)7-8-16(20)18(15)10-13-5-1-2-9-17-13/h1-6,9,11H,7-8,10H2. The summed E-state index contributed by atoms with van der Waals surface area (Å²) in [5.74, 6) is 0.0752. The summed E-state index contributed by atoms with van der Waals surface area (Å²) in [4.78, 5) is 29.3. The SMILES string of the molecule is O=Cc1cccc2c1CCC(=O)N2Cc1ccccn1. The Morgan fingerprint density at radius 2 is 2.05 bits per heavy atom. The maximum Gasteiger partial charge on any atom is 0.227 e. The van der Waals surface area contributed by atoms with E-state index >= 15 is 0 Å². The summed E-state index contributed by atoms with van der Waals surface area (Å²) in [6.45, 7) is 0.439. The first kappa shape index (κ1) is 12.5. The predicted octanol–water partition coefficient (Wildman–Crippen LogP) is 2.37. The van der Waals surface area contributed by atoms with Crippen LogP contribution in [0.1, 0.15) is 28.0 Å². The fraction of sp³-hybridized carbons (Fsp3) is 0.188. The van der Waals surface area contributed by atoms with E-state index in [4.69, 9.17) is 0 Å². The Hall–Kier alpha value is -2.49. The fourth-order valence-corrected chi connectivity index (χ4v) is 2.56. The summed E-state index contributed by atoms with van der Waals surface area (Å²) in [6.07, 6.45) is 3.63. The number of fused-ring (bicyclic) bond motifs is 1. The van der Waals surface area contributed by atoms with Gasteiger partial charge in [-0.25, -0.2) is 0 Å². The maximum atomic E-state index is 12.2. The molecule has 0 fully saturated rings. The average molecular weight is 266 g/mol. The molecule has 0 radical (unpaired) electrons. The van der Waals surface area contributed by atoms with Gasteiger partial charge in [-0.2, -0.15) is 0 Å². The van der Waals surface area contributed by atoms with Crippen molar-refractivity contribution in [3.8, 4) is 0 Å². The molecule has 0 unspecified atom stereocenters. The lowest BCUT2D eigenvalue weighted by molar-refractivity contribution is -0.119. The van der Waals surface area contributed by atoms with E-state index in [0.29, 0.717) is 24.9 Å². The van der Waals surface area contributed by atoms with Gasteiger partial charge in [-0.15, -0.1) is 0 Å². The first-order valence-corrected chi connectivity index (χ1v) is 6.57. The van der Waals surface area contributed by atoms with Crippen molar-refractivity contribution in [3.05, 3.63) is 59.4 Å². The number of nitrogens with zero attached hydrogens (tertiary/aromatic N) is 2. The van der Waals surface area contributed by atoms with E-state index in [2.05, 4.69) is 4.98 Å². The molecular weight excluding hydrogens is 252 g/mol. The Balaban J connectivity index is 2.00. The highest BCUT2D eigenvalue weighted by Gasteiger charge is 2.25. The van der Waals surface area contributed by atoms with E-state index in [9.17, 15) is 9.59 Å². The van der Waals surface area contributed by atoms with Crippen molar-refractivity contribution in [2.24, 2.45) is 0 Å². The number of pyridine rings is 1. The van der Waals surface area contributed by atoms with Crippen LogP contribution in [0.5, 0.6) is 0 Å². The third-order valence-electron chi connectivity index (χ3n) is 3.54. The molecule has 0 atom stereocenters. The van der Waals surface area contributed by atoms with Crippen LogP contribution in [0.25, 0.3) is 0 Å². The highest BCUT2D eigenvalue weighted by Crippen LogP contribution is 2.30. The second-order valence-electron chi connectivity index (χ2n) is 4.76. The number of amides is 1. The van der Waals surface area contributed by atoms with Crippen molar-refractivity contribution in [1.82, 2.24) is 4.98 Å². The lowest BCUT2D eigenvalue weighted by Crippen LogP contribution is -2.35. The van der Waals surface area contributed by atoms with Crippen molar-refractivity contribution in [1.29, 1.82) is 0 Å². The van der Waals surface area contributed by atoms with Crippen molar-refractivity contribution < 1.29 is 9.59 Å². The molecule has 2 heterocycles. The number of aromatic nitrogens is 1. The largest absolute Gasteiger partial charge is 0.306 e. The van der Waals surface area contributed by atoms with Gasteiger partial charge in [-0.05, 0) is 30.2 Å². The van der Waals surface area contributed by atoms with E-state index in [0.717, 1.165) is 23.2 Å². The summed E-state index contributed by atoms with van der Waals surface area (Å²) in [6, 6.07) is 11.1. The molecular formula is C16H14N2O2. The predicted molar refractivity (Wildman–Crippen MR) is 75.6 cm³/mol. The third kappa shape index (κ3) is 2.20. The molecule has 1 aromatic carbocycles. The molecule has 0 N–H and O–H groups in total. The molecule has 1 aliphatic rings. The van der Waals surface area contributed by atoms with E-state index in [1.165, 1.54) is 0 Å². The Morgan fingerprint density at radius 1 is 1.15 bits per heavy atom. The first-order chi connectivity index (χ1) is 9.79. The van der Waals surface area contributed by atoms with Gasteiger partial charge in [0.05, 0.1) is 12.2 Å². The van der Waals surface area contributed by atoms with E-state index in [1.54, 1.807) is 17.2 Å². The monoisotopic (exact) mass is 266 g/mol. The minimum absolute atomic E-state index is 0.0752. The van der Waals surface area contributed by atoms with Gasteiger partial charge >= 0.3 is 0 Å². The molecule has 0 saturated carbocycles. The highest BCUT2D eigenvalue weighted by molar-refractivity contribution is 5.98. The molecule has 0 bridgehead atoms. The zero-order valence-electron chi connectivity index (χ0n) is 11.0. The molecule has 4 heteroatoms. The van der Waals surface area contributed by atoms with Gasteiger partial charge in [0.2, 0.25) is 5.91 Å². The van der Waals surface area contributed by atoms with Gasteiger partial charge < -0.3 is 4.90 Å². The second-order valence-corrected chi connectivity index (χ2v) is 4.76. The lowest BCUT2D eigenvalue weighted by Gasteiger charge is -2.29. The maximum absolute atomic E-state index is 12.2. The molecule has 4 nitrogen and oxygen atoms in total. The van der Waals surface area contributed by atoms with Gasteiger partial charge in [0.15, 0.2) is 0 Å². The molecule has 0 aliphatic carbocycles. The zero-order valence-corrected chi connectivity index (χ0v) is 11.0. The van der Waals surface area contributed by atoms with Crippen LogP contribution in [-0.4, -0.2) is 17.2 Å². The Bertz CT molecular complexity index is 653. The Morgan fingerprint density at radius 3 is 2.80 bits per heavy atom. The van der Waals surface area contributed by atoms with Crippen LogP contribution in [0.3, 0.4) is 0 Å².